The zero-order chi connectivity index (χ0) is 48.9. The van der Waals surface area contributed by atoms with E-state index in [1.54, 1.807) is 0 Å². The van der Waals surface area contributed by atoms with Crippen LogP contribution in [0.1, 0.15) is 104 Å². The second-order valence-corrected chi connectivity index (χ2v) is 23.4. The molecule has 4 nitrogen and oxygen atoms in total. The molecule has 0 radical (unpaired) electrons. The Kier molecular flexibility index (Phi) is 6.11. The number of ketones is 2. The number of Topliss-reactive ketones (excluding diaryl/α,β-unsaturated/α-hetero) is 2. The minimum absolute atomic E-state index is 0.172. The van der Waals surface area contributed by atoms with Crippen molar-refractivity contribution >= 4 is 82.4 Å². The number of benzene rings is 10. The SMILES string of the molecule is CC12C(=O)c3cc4c(cc3C3(C)c5ccccc5C13c1ccccc12)c1cc(-c2c3ccccc3cc3c2oc2ccccc23)cc2c3cc5c(cc3n4c12)C(=O)C1(C)c2ccccc2C12c1ccccc1C52C. The number of carbonyl (C=O) groups is 2. The van der Waals surface area contributed by atoms with Crippen molar-refractivity contribution in [2.24, 2.45) is 0 Å². The molecule has 4 heteroatoms. The van der Waals surface area contributed by atoms with Gasteiger partial charge in [0.25, 0.3) is 0 Å². The van der Waals surface area contributed by atoms with Crippen LogP contribution in [-0.4, -0.2) is 16.0 Å². The van der Waals surface area contributed by atoms with Crippen LogP contribution >= 0.6 is 0 Å². The molecule has 10 aromatic carbocycles. The van der Waals surface area contributed by atoms with Gasteiger partial charge in [0.15, 0.2) is 11.6 Å². The number of nitrogens with zero attached hydrogens (tertiary/aromatic N) is 1. The molecule has 6 aliphatic rings. The summed E-state index contributed by atoms with van der Waals surface area (Å²) in [6.07, 6.45) is 0. The van der Waals surface area contributed by atoms with Crippen LogP contribution in [0.15, 0.2) is 192 Å². The molecule has 13 aromatic rings. The van der Waals surface area contributed by atoms with Crippen molar-refractivity contribution in [1.82, 2.24) is 4.40 Å². The van der Waals surface area contributed by atoms with Gasteiger partial charge in [-0.25, -0.2) is 0 Å². The lowest BCUT2D eigenvalue weighted by molar-refractivity contribution is 0.0523. The Labute approximate surface area is 424 Å². The molecule has 0 saturated carbocycles. The molecule has 0 amide bonds. The molecule has 6 aliphatic carbocycles. The van der Waals surface area contributed by atoms with Gasteiger partial charge in [0, 0.05) is 59.8 Å². The van der Waals surface area contributed by atoms with E-state index in [2.05, 4.69) is 214 Å². The quantitative estimate of drug-likeness (QED) is 0.165. The van der Waals surface area contributed by atoms with Crippen LogP contribution in [0, 0.1) is 0 Å². The smallest absolute Gasteiger partial charge is 0.174 e. The number of rotatable bonds is 1. The molecule has 0 aliphatic heterocycles. The van der Waals surface area contributed by atoms with Gasteiger partial charge in [0.2, 0.25) is 0 Å². The number of aromatic nitrogens is 1. The monoisotopic (exact) mass is 945 g/mol. The molecule has 0 saturated heterocycles. The summed E-state index contributed by atoms with van der Waals surface area (Å²) in [6.45, 7) is 9.24. The zero-order valence-electron chi connectivity index (χ0n) is 41.1. The van der Waals surface area contributed by atoms with E-state index in [0.29, 0.717) is 0 Å². The number of hydrogen-bond acceptors (Lipinski definition) is 3. The maximum atomic E-state index is 16.0. The van der Waals surface area contributed by atoms with Crippen molar-refractivity contribution in [3.05, 3.63) is 255 Å². The minimum Gasteiger partial charge on any atom is -0.455 e. The number of para-hydroxylation sites is 1. The van der Waals surface area contributed by atoms with Crippen molar-refractivity contribution in [2.75, 3.05) is 0 Å². The van der Waals surface area contributed by atoms with Gasteiger partial charge >= 0.3 is 0 Å². The summed E-state index contributed by atoms with van der Waals surface area (Å²) in [6, 6.07) is 68.5. The lowest BCUT2D eigenvalue weighted by Gasteiger charge is -2.74. The Hall–Kier alpha value is -8.60. The van der Waals surface area contributed by atoms with Gasteiger partial charge in [-0.1, -0.05) is 153 Å². The summed E-state index contributed by atoms with van der Waals surface area (Å²) in [5.41, 5.74) is 17.1. The highest BCUT2D eigenvalue weighted by Gasteiger charge is 2.81. The number of hydrogen-bond donors (Lipinski definition) is 0. The summed E-state index contributed by atoms with van der Waals surface area (Å²) >= 11 is 0. The fourth-order valence-electron chi connectivity index (χ4n) is 18.6. The van der Waals surface area contributed by atoms with Crippen LogP contribution in [0.25, 0.3) is 81.9 Å². The maximum Gasteiger partial charge on any atom is 0.174 e. The molecule has 0 N–H and O–H groups in total. The summed E-state index contributed by atoms with van der Waals surface area (Å²) in [5.74, 6) is 0.343. The molecule has 0 bridgehead atoms. The predicted octanol–water partition coefficient (Wildman–Crippen LogP) is 15.7. The molecular formula is C70H43NO3. The van der Waals surface area contributed by atoms with Crippen LogP contribution in [0.2, 0.25) is 0 Å². The van der Waals surface area contributed by atoms with E-state index >= 15 is 9.59 Å². The van der Waals surface area contributed by atoms with Gasteiger partial charge in [-0.3, -0.25) is 9.59 Å². The van der Waals surface area contributed by atoms with Gasteiger partial charge in [0.05, 0.1) is 38.2 Å². The lowest BCUT2D eigenvalue weighted by atomic mass is 9.25. The van der Waals surface area contributed by atoms with E-state index in [-0.39, 0.29) is 11.6 Å². The number of fused-ring (bicyclic) bond motifs is 22. The molecule has 346 valence electrons. The van der Waals surface area contributed by atoms with Crippen LogP contribution in [0.4, 0.5) is 0 Å². The minimum atomic E-state index is -0.756. The second kappa shape index (κ2) is 11.6. The van der Waals surface area contributed by atoms with Gasteiger partial charge in [-0.05, 0) is 134 Å². The van der Waals surface area contributed by atoms with Gasteiger partial charge in [-0.15, -0.1) is 0 Å². The highest BCUT2D eigenvalue weighted by Crippen LogP contribution is 2.80. The van der Waals surface area contributed by atoms with Crippen molar-refractivity contribution in [3.63, 3.8) is 0 Å². The average molecular weight is 946 g/mol. The van der Waals surface area contributed by atoms with Crippen LogP contribution in [0.5, 0.6) is 0 Å². The van der Waals surface area contributed by atoms with Gasteiger partial charge < -0.3 is 8.82 Å². The first-order chi connectivity index (χ1) is 36.0. The zero-order valence-corrected chi connectivity index (χ0v) is 41.1. The Balaban J connectivity index is 0.981. The molecule has 3 heterocycles. The van der Waals surface area contributed by atoms with Crippen molar-refractivity contribution in [1.29, 1.82) is 0 Å². The largest absolute Gasteiger partial charge is 0.455 e. The van der Waals surface area contributed by atoms with Crippen molar-refractivity contribution in [3.8, 4) is 11.1 Å². The third kappa shape index (κ3) is 3.40. The molecular weight excluding hydrogens is 903 g/mol. The van der Waals surface area contributed by atoms with Gasteiger partial charge in [0.1, 0.15) is 11.2 Å². The predicted molar refractivity (Wildman–Crippen MR) is 295 cm³/mol. The highest BCUT2D eigenvalue weighted by molar-refractivity contribution is 6.29. The Morgan fingerprint density at radius 3 is 1.28 bits per heavy atom. The van der Waals surface area contributed by atoms with Gasteiger partial charge in [-0.2, -0.15) is 0 Å². The first kappa shape index (κ1) is 39.0. The molecule has 0 fully saturated rings. The molecule has 6 atom stereocenters. The molecule has 2 spiro atoms. The highest BCUT2D eigenvalue weighted by atomic mass is 16.3. The van der Waals surface area contributed by atoms with E-state index < -0.39 is 32.5 Å². The first-order valence-electron chi connectivity index (χ1n) is 26.2. The number of carbonyl (C=O) groups excluding carboxylic acids is 2. The fraction of sp³-hybridized carbons (Fsp3) is 0.143. The lowest BCUT2D eigenvalue weighted by Crippen LogP contribution is -2.77. The van der Waals surface area contributed by atoms with Crippen molar-refractivity contribution < 1.29 is 14.0 Å². The topological polar surface area (TPSA) is 51.7 Å². The fourth-order valence-corrected chi connectivity index (χ4v) is 18.6. The number of furan rings is 1. The van der Waals surface area contributed by atoms with E-state index in [0.717, 1.165) is 115 Å². The third-order valence-electron chi connectivity index (χ3n) is 21.3. The Morgan fingerprint density at radius 1 is 0.365 bits per heavy atom. The molecule has 3 aromatic heterocycles. The Bertz CT molecular complexity index is 4760. The van der Waals surface area contributed by atoms with Crippen molar-refractivity contribution in [2.45, 2.75) is 60.2 Å². The summed E-state index contributed by atoms with van der Waals surface area (Å²) in [5, 5.41) is 8.88. The first-order valence-corrected chi connectivity index (χ1v) is 26.2. The van der Waals surface area contributed by atoms with E-state index in [4.69, 9.17) is 4.42 Å². The third-order valence-corrected chi connectivity index (χ3v) is 21.3. The van der Waals surface area contributed by atoms with Crippen LogP contribution < -0.4 is 0 Å². The summed E-state index contributed by atoms with van der Waals surface area (Å²) < 4.78 is 9.38. The normalized spacial score (nSPS) is 27.0. The summed E-state index contributed by atoms with van der Waals surface area (Å²) in [7, 11) is 0. The second-order valence-electron chi connectivity index (χ2n) is 23.4. The van der Waals surface area contributed by atoms with Crippen LogP contribution in [0.3, 0.4) is 0 Å². The van der Waals surface area contributed by atoms with Crippen LogP contribution in [-0.2, 0) is 32.5 Å². The summed E-state index contributed by atoms with van der Waals surface area (Å²) in [4.78, 5) is 31.9. The molecule has 6 unspecified atom stereocenters. The standard InChI is InChI=1S/C70H43NO3/c1-65-47-20-8-12-24-51(47)69(65)53-26-14-10-22-49(53)67(69,3)63(72)45-34-57-40(32-55(45)65)42-30-37(60-38-18-6-5-17-36(38)29-44-39-19-7-16-28-59(39)74-62(44)60)31-43-41-33-56-46(35-58(41)71(57)61(42)43)64(73)68(4)50-23-11-15-27-54(50)70(68)52-25-13-9-21-48(52)66(56,70)2/h5-35H,1-4H3. The van der Waals surface area contributed by atoms with E-state index in [9.17, 15) is 0 Å². The Morgan fingerprint density at radius 2 is 0.784 bits per heavy atom. The van der Waals surface area contributed by atoms with E-state index in [1.165, 1.54) is 33.4 Å². The average Bonchev–Trinajstić information content (AvgIpc) is 4.21. The maximum absolute atomic E-state index is 16.0. The molecule has 74 heavy (non-hydrogen) atoms. The molecule has 19 rings (SSSR count). The van der Waals surface area contributed by atoms with E-state index in [1.807, 2.05) is 6.07 Å².